The Bertz CT molecular complexity index is 1330. The molecule has 13 heteroatoms. The summed E-state index contributed by atoms with van der Waals surface area (Å²) in [7, 11) is 0. The number of carboxylic acid groups (broad SMARTS) is 1. The molecule has 0 saturated carbocycles. The number of para-hydroxylation sites is 1. The third kappa shape index (κ3) is 6.41. The van der Waals surface area contributed by atoms with Gasteiger partial charge in [0.05, 0.1) is 25.5 Å². The van der Waals surface area contributed by atoms with Gasteiger partial charge in [-0.15, -0.1) is 0 Å². The lowest BCUT2D eigenvalue weighted by Crippen LogP contribution is -2.21. The maximum absolute atomic E-state index is 12.3. The van der Waals surface area contributed by atoms with Gasteiger partial charge < -0.3 is 10.4 Å². The number of nitrogens with one attached hydrogen (secondary N) is 1. The van der Waals surface area contributed by atoms with E-state index >= 15 is 0 Å². The molecule has 1 aliphatic rings. The van der Waals surface area contributed by atoms with Crippen LogP contribution in [0.25, 0.3) is 17.0 Å². The quantitative estimate of drug-likeness (QED) is 0.347. The van der Waals surface area contributed by atoms with Crippen molar-refractivity contribution in [3.05, 3.63) is 74.2 Å². The number of carbonyl (C=O) groups excluding carboxylic acids is 1. The number of carboxylic acids is 1. The van der Waals surface area contributed by atoms with Crippen LogP contribution in [0, 0.1) is 0 Å². The Balaban J connectivity index is 0.000000406. The molecule has 6 nitrogen and oxygen atoms in total. The number of rotatable bonds is 2. The van der Waals surface area contributed by atoms with Gasteiger partial charge in [0.1, 0.15) is 5.69 Å². The SMILES string of the molecule is O=C(O)C(F)(F)F.O=C1NC(=Nc2c(Cl)cccc2Cl)S/C1=C/c1cc2cccnc2cc1Cl. The Morgan fingerprint density at radius 2 is 1.74 bits per heavy atom. The van der Waals surface area contributed by atoms with Crippen LogP contribution < -0.4 is 5.32 Å². The van der Waals surface area contributed by atoms with Gasteiger partial charge >= 0.3 is 12.1 Å². The number of pyridine rings is 1. The molecule has 0 bridgehead atoms. The van der Waals surface area contributed by atoms with Gasteiger partial charge in [-0.1, -0.05) is 46.9 Å². The van der Waals surface area contributed by atoms with Crippen molar-refractivity contribution in [1.82, 2.24) is 10.3 Å². The Labute approximate surface area is 209 Å². The molecule has 0 unspecified atom stereocenters. The minimum absolute atomic E-state index is 0.260. The van der Waals surface area contributed by atoms with Gasteiger partial charge in [0, 0.05) is 11.6 Å². The van der Waals surface area contributed by atoms with Crippen molar-refractivity contribution >= 4 is 86.3 Å². The Morgan fingerprint density at radius 3 is 2.35 bits per heavy atom. The monoisotopic (exact) mass is 547 g/mol. The van der Waals surface area contributed by atoms with Crippen LogP contribution in [0.1, 0.15) is 5.56 Å². The number of amides is 1. The van der Waals surface area contributed by atoms with Crippen molar-refractivity contribution in [2.75, 3.05) is 0 Å². The molecule has 1 aliphatic heterocycles. The smallest absolute Gasteiger partial charge is 0.475 e. The number of thioether (sulfide) groups is 1. The highest BCUT2D eigenvalue weighted by Gasteiger charge is 2.38. The molecular formula is C21H11Cl3F3N3O3S. The fourth-order valence-corrected chi connectivity index (χ4v) is 4.06. The molecule has 1 saturated heterocycles. The van der Waals surface area contributed by atoms with E-state index in [2.05, 4.69) is 15.3 Å². The van der Waals surface area contributed by atoms with E-state index in [1.807, 2.05) is 18.2 Å². The second-order valence-corrected chi connectivity index (χ2v) is 8.68. The van der Waals surface area contributed by atoms with Crippen LogP contribution in [0.3, 0.4) is 0 Å². The van der Waals surface area contributed by atoms with Crippen molar-refractivity contribution < 1.29 is 27.9 Å². The van der Waals surface area contributed by atoms with E-state index in [4.69, 9.17) is 44.7 Å². The summed E-state index contributed by atoms with van der Waals surface area (Å²) < 4.78 is 31.7. The van der Waals surface area contributed by atoms with Crippen molar-refractivity contribution in [2.24, 2.45) is 4.99 Å². The average Bonchev–Trinajstić information content (AvgIpc) is 3.10. The normalized spacial score (nSPS) is 15.9. The Kier molecular flexibility index (Phi) is 8.09. The number of hydrogen-bond acceptors (Lipinski definition) is 5. The number of nitrogens with zero attached hydrogens (tertiary/aromatic N) is 2. The van der Waals surface area contributed by atoms with Crippen molar-refractivity contribution in [2.45, 2.75) is 6.18 Å². The van der Waals surface area contributed by atoms with E-state index in [1.165, 1.54) is 11.8 Å². The molecule has 2 N–H and O–H groups in total. The van der Waals surface area contributed by atoms with Gasteiger partial charge in [-0.25, -0.2) is 9.79 Å². The van der Waals surface area contributed by atoms with E-state index in [0.29, 0.717) is 30.8 Å². The minimum atomic E-state index is -5.08. The van der Waals surface area contributed by atoms with E-state index in [1.54, 1.807) is 36.5 Å². The van der Waals surface area contributed by atoms with E-state index in [0.717, 1.165) is 16.5 Å². The molecular weight excluding hydrogens is 538 g/mol. The lowest BCUT2D eigenvalue weighted by atomic mass is 10.1. The van der Waals surface area contributed by atoms with Gasteiger partial charge in [-0.3, -0.25) is 9.78 Å². The molecule has 0 spiro atoms. The van der Waals surface area contributed by atoms with E-state index < -0.39 is 12.1 Å². The maximum atomic E-state index is 12.3. The van der Waals surface area contributed by atoms with Crippen LogP contribution in [0.5, 0.6) is 0 Å². The molecule has 4 rings (SSSR count). The van der Waals surface area contributed by atoms with Crippen LogP contribution in [-0.4, -0.2) is 33.3 Å². The highest BCUT2D eigenvalue weighted by atomic mass is 35.5. The number of hydrogen-bond donors (Lipinski definition) is 2. The zero-order valence-electron chi connectivity index (χ0n) is 16.5. The number of halogens is 6. The van der Waals surface area contributed by atoms with Gasteiger partial charge in [0.2, 0.25) is 0 Å². The largest absolute Gasteiger partial charge is 0.490 e. The summed E-state index contributed by atoms with van der Waals surface area (Å²) in [6.45, 7) is 0. The summed E-state index contributed by atoms with van der Waals surface area (Å²) >= 11 is 19.8. The van der Waals surface area contributed by atoms with Crippen LogP contribution in [0.15, 0.2) is 58.6 Å². The molecule has 1 fully saturated rings. The van der Waals surface area contributed by atoms with Crippen LogP contribution >= 0.6 is 46.6 Å². The molecule has 176 valence electrons. The second kappa shape index (κ2) is 10.6. The molecule has 3 aromatic rings. The molecule has 2 aromatic carbocycles. The van der Waals surface area contributed by atoms with E-state index in [9.17, 15) is 18.0 Å². The van der Waals surface area contributed by atoms with E-state index in [-0.39, 0.29) is 5.91 Å². The van der Waals surface area contributed by atoms with Gasteiger partial charge in [0.15, 0.2) is 5.17 Å². The fraction of sp³-hybridized carbons (Fsp3) is 0.0476. The molecule has 0 aliphatic carbocycles. The first-order chi connectivity index (χ1) is 16.0. The lowest BCUT2D eigenvalue weighted by Gasteiger charge is -2.03. The number of benzene rings is 2. The number of aliphatic imine (C=N–C) groups is 1. The average molecular weight is 549 g/mol. The summed E-state index contributed by atoms with van der Waals surface area (Å²) in [6.07, 6.45) is -1.65. The topological polar surface area (TPSA) is 91.6 Å². The minimum Gasteiger partial charge on any atom is -0.475 e. The van der Waals surface area contributed by atoms with Crippen molar-refractivity contribution in [3.63, 3.8) is 0 Å². The highest BCUT2D eigenvalue weighted by Crippen LogP contribution is 2.36. The maximum Gasteiger partial charge on any atom is 0.490 e. The number of amidine groups is 1. The molecule has 2 heterocycles. The number of fused-ring (bicyclic) bond motifs is 1. The summed E-state index contributed by atoms with van der Waals surface area (Å²) in [4.78, 5) is 30.3. The Morgan fingerprint density at radius 1 is 1.09 bits per heavy atom. The summed E-state index contributed by atoms with van der Waals surface area (Å²) in [5.41, 5.74) is 1.94. The molecule has 0 radical (unpaired) electrons. The predicted molar refractivity (Wildman–Crippen MR) is 128 cm³/mol. The highest BCUT2D eigenvalue weighted by molar-refractivity contribution is 8.18. The zero-order chi connectivity index (χ0) is 25.0. The van der Waals surface area contributed by atoms with Crippen LogP contribution in [-0.2, 0) is 9.59 Å². The number of aliphatic carboxylic acids is 1. The van der Waals surface area contributed by atoms with Crippen LogP contribution in [0.4, 0.5) is 18.9 Å². The van der Waals surface area contributed by atoms with Crippen molar-refractivity contribution in [1.29, 1.82) is 0 Å². The standard InChI is InChI=1S/C19H10Cl3N3OS.C2HF3O2/c20-12-4-1-5-13(21)17(12)24-19-25-18(26)16(27-19)8-11-7-10-3-2-6-23-15(10)9-14(11)22;3-2(4,5)1(6)7/h1-9H,(H,24,25,26);(H,6,7)/b16-8+;. The Hall–Kier alpha value is -2.79. The number of carbonyl (C=O) groups is 2. The molecule has 1 amide bonds. The second-order valence-electron chi connectivity index (χ2n) is 6.42. The number of alkyl halides is 3. The van der Waals surface area contributed by atoms with Crippen molar-refractivity contribution in [3.8, 4) is 0 Å². The zero-order valence-corrected chi connectivity index (χ0v) is 19.6. The summed E-state index contributed by atoms with van der Waals surface area (Å²) in [5.74, 6) is -3.02. The lowest BCUT2D eigenvalue weighted by molar-refractivity contribution is -0.192. The molecule has 34 heavy (non-hydrogen) atoms. The predicted octanol–water partition coefficient (Wildman–Crippen LogP) is 6.72. The van der Waals surface area contributed by atoms with Crippen LogP contribution in [0.2, 0.25) is 15.1 Å². The summed E-state index contributed by atoms with van der Waals surface area (Å²) in [6, 6.07) is 12.6. The third-order valence-corrected chi connectivity index (χ3v) is 5.90. The van der Waals surface area contributed by atoms with Gasteiger partial charge in [-0.05, 0) is 53.7 Å². The molecule has 1 aromatic heterocycles. The van der Waals surface area contributed by atoms with Gasteiger partial charge in [-0.2, -0.15) is 13.2 Å². The van der Waals surface area contributed by atoms with Gasteiger partial charge in [0.25, 0.3) is 5.91 Å². The fourth-order valence-electron chi connectivity index (χ4n) is 2.54. The molecule has 0 atom stereocenters. The number of aromatic nitrogens is 1. The third-order valence-electron chi connectivity index (χ3n) is 4.05. The first-order valence-corrected chi connectivity index (χ1v) is 11.0. The first kappa shape index (κ1) is 25.8. The summed E-state index contributed by atoms with van der Waals surface area (Å²) in [5, 5.41) is 12.5. The first-order valence-electron chi connectivity index (χ1n) is 9.03.